The number of aliphatic hydroxyl groups excluding tert-OH is 3. The minimum absolute atomic E-state index is 0.0219. The van der Waals surface area contributed by atoms with Crippen LogP contribution in [0.4, 0.5) is 0 Å². The Morgan fingerprint density at radius 3 is 1.86 bits per heavy atom. The van der Waals surface area contributed by atoms with Gasteiger partial charge in [-0.2, -0.15) is 0 Å². The summed E-state index contributed by atoms with van der Waals surface area (Å²) < 4.78 is 13.5. The first-order chi connectivity index (χ1) is 24.1. The number of fused-ring (bicyclic) bond motifs is 2. The zero-order valence-corrected chi connectivity index (χ0v) is 29.9. The zero-order chi connectivity index (χ0) is 35.4. The van der Waals surface area contributed by atoms with Gasteiger partial charge in [-0.15, -0.1) is 0 Å². The lowest BCUT2D eigenvalue weighted by Gasteiger charge is -2.32. The van der Waals surface area contributed by atoms with Crippen LogP contribution in [0.3, 0.4) is 0 Å². The highest BCUT2D eigenvalue weighted by Crippen LogP contribution is 2.33. The van der Waals surface area contributed by atoms with Gasteiger partial charge in [0.25, 0.3) is 11.8 Å². The van der Waals surface area contributed by atoms with Crippen molar-refractivity contribution in [3.63, 3.8) is 0 Å². The topological polar surface area (TPSA) is 154 Å². The van der Waals surface area contributed by atoms with Gasteiger partial charge in [-0.05, 0) is 52.1 Å². The molecule has 0 aromatic heterocycles. The van der Waals surface area contributed by atoms with Gasteiger partial charge in [-0.3, -0.25) is 14.4 Å². The normalized spacial score (nSPS) is 20.3. The monoisotopic (exact) mass is 806 g/mol. The number of nitrogens with one attached hydrogen (secondary N) is 2. The molecule has 2 amide bonds. The number of Topliss-reactive ketones (excluding diaryl/α,β-unsaturated/α-hetero) is 1. The summed E-state index contributed by atoms with van der Waals surface area (Å²) in [6, 6.07) is 27.2. The van der Waals surface area contributed by atoms with E-state index in [4.69, 9.17) is 9.47 Å². The van der Waals surface area contributed by atoms with Gasteiger partial charge in [-0.25, -0.2) is 0 Å². The number of benzene rings is 4. The molecule has 4 aromatic rings. The maximum atomic E-state index is 13.9. The molecule has 10 nitrogen and oxygen atoms in total. The van der Waals surface area contributed by atoms with Crippen LogP contribution >= 0.6 is 31.9 Å². The van der Waals surface area contributed by atoms with E-state index in [0.29, 0.717) is 28.7 Å². The Kier molecular flexibility index (Phi) is 11.6. The number of aliphatic hydroxyl groups is 3. The van der Waals surface area contributed by atoms with Crippen LogP contribution in [0, 0.1) is 0 Å². The Balaban J connectivity index is 1.26. The maximum absolute atomic E-state index is 13.9. The van der Waals surface area contributed by atoms with Crippen LogP contribution in [0.1, 0.15) is 56.7 Å². The first-order valence-corrected chi connectivity index (χ1v) is 17.7. The van der Waals surface area contributed by atoms with Crippen molar-refractivity contribution in [2.45, 2.75) is 68.7 Å². The summed E-state index contributed by atoms with van der Waals surface area (Å²) in [5.74, 6) is -1.72. The third-order valence-electron chi connectivity index (χ3n) is 8.97. The van der Waals surface area contributed by atoms with Gasteiger partial charge in [0.05, 0.1) is 31.4 Å². The lowest BCUT2D eigenvalue weighted by Crippen LogP contribution is -2.56. The number of ketones is 1. The van der Waals surface area contributed by atoms with E-state index in [1.807, 2.05) is 24.3 Å². The Labute approximate surface area is 306 Å². The largest absolute Gasteiger partial charge is 0.390 e. The second-order valence-electron chi connectivity index (χ2n) is 12.4. The molecule has 0 bridgehead atoms. The number of hydrogen-bond acceptors (Lipinski definition) is 8. The van der Waals surface area contributed by atoms with Gasteiger partial charge < -0.3 is 35.4 Å². The molecule has 5 N–H and O–H groups in total. The zero-order valence-electron chi connectivity index (χ0n) is 26.7. The Morgan fingerprint density at radius 2 is 1.26 bits per heavy atom. The molecule has 260 valence electrons. The van der Waals surface area contributed by atoms with Crippen LogP contribution < -0.4 is 10.6 Å². The molecule has 12 heteroatoms. The number of halogens is 2. The molecule has 0 saturated carbocycles. The van der Waals surface area contributed by atoms with E-state index >= 15 is 0 Å². The van der Waals surface area contributed by atoms with Crippen LogP contribution in [-0.4, -0.2) is 63.4 Å². The molecule has 6 rings (SSSR count). The second kappa shape index (κ2) is 16.1. The summed E-state index contributed by atoms with van der Waals surface area (Å²) in [7, 11) is 0. The molecule has 0 fully saturated rings. The fourth-order valence-electron chi connectivity index (χ4n) is 6.47. The van der Waals surface area contributed by atoms with E-state index in [2.05, 4.69) is 42.5 Å². The Morgan fingerprint density at radius 1 is 0.720 bits per heavy atom. The molecule has 4 aromatic carbocycles. The summed E-state index contributed by atoms with van der Waals surface area (Å²) >= 11 is 6.84. The van der Waals surface area contributed by atoms with Crippen LogP contribution in [0.5, 0.6) is 0 Å². The van der Waals surface area contributed by atoms with Crippen molar-refractivity contribution in [2.24, 2.45) is 0 Å². The number of hydrogen-bond donors (Lipinski definition) is 5. The third kappa shape index (κ3) is 8.24. The van der Waals surface area contributed by atoms with E-state index in [-0.39, 0.29) is 25.4 Å². The highest BCUT2D eigenvalue weighted by atomic mass is 79.9. The molecule has 0 heterocycles. The van der Waals surface area contributed by atoms with Gasteiger partial charge in [0.1, 0.15) is 12.2 Å². The fraction of sp³-hybridized carbons (Fsp3) is 0.289. The second-order valence-corrected chi connectivity index (χ2v) is 14.3. The van der Waals surface area contributed by atoms with Crippen LogP contribution in [0.25, 0.3) is 0 Å². The molecule has 7 atom stereocenters. The van der Waals surface area contributed by atoms with E-state index in [9.17, 15) is 29.7 Å². The smallest absolute Gasteiger partial charge is 0.252 e. The minimum atomic E-state index is -1.97. The van der Waals surface area contributed by atoms with Gasteiger partial charge in [0.2, 0.25) is 0 Å². The highest BCUT2D eigenvalue weighted by molar-refractivity contribution is 9.10. The molecule has 0 unspecified atom stereocenters. The first kappa shape index (κ1) is 36.1. The van der Waals surface area contributed by atoms with Crippen LogP contribution in [0.15, 0.2) is 106 Å². The van der Waals surface area contributed by atoms with Gasteiger partial charge >= 0.3 is 0 Å². The Hall–Kier alpha value is -3.75. The van der Waals surface area contributed by atoms with Crippen molar-refractivity contribution in [2.75, 3.05) is 0 Å². The van der Waals surface area contributed by atoms with Crippen LogP contribution in [-0.2, 0) is 38.7 Å². The lowest BCUT2D eigenvalue weighted by molar-refractivity contribution is -0.171. The molecular weight excluding hydrogens is 772 g/mol. The number of ether oxygens (including phenoxy) is 2. The SMILES string of the molecule is O=C1C[C@H](NC(=O)[C@H](OCc2cccc(Br)c2)[C@H](O)[C@@H](O)[C@@H](OCc2cccc(Br)c2)C(=O)N[C@H]2c3ccccc3C[C@H]2O)c2ccccc21. The number of carbonyl (C=O) groups excluding carboxylic acids is 3. The van der Waals surface area contributed by atoms with Gasteiger partial charge in [-0.1, -0.05) is 105 Å². The molecule has 2 aliphatic carbocycles. The standard InChI is InChI=1S/C38H36Br2N2O8/c39-24-10-5-7-21(15-24)19-49-35(37(47)41-29-18-30(43)28-14-4-3-13-27(28)29)33(45)34(46)36(50-20-22-8-6-11-25(40)16-22)38(48)42-32-26-12-2-1-9-23(26)17-31(32)44/h1-16,29,31-36,44-46H,17-20H2,(H,41,47)(H,42,48)/t29-,31+,32-,33+,34+,35+,36+/m0/s1. The summed E-state index contributed by atoms with van der Waals surface area (Å²) in [6.45, 7) is -0.246. The number of carbonyl (C=O) groups is 3. The van der Waals surface area contributed by atoms with Crippen molar-refractivity contribution in [1.82, 2.24) is 10.6 Å². The first-order valence-electron chi connectivity index (χ1n) is 16.2. The predicted octanol–water partition coefficient (Wildman–Crippen LogP) is 4.62. The maximum Gasteiger partial charge on any atom is 0.252 e. The molecule has 0 aliphatic heterocycles. The van der Waals surface area contributed by atoms with Crippen molar-refractivity contribution in [1.29, 1.82) is 0 Å². The minimum Gasteiger partial charge on any atom is -0.390 e. The molecule has 0 saturated heterocycles. The van der Waals surface area contributed by atoms with E-state index in [0.717, 1.165) is 20.1 Å². The fourth-order valence-corrected chi connectivity index (χ4v) is 7.36. The number of amides is 2. The van der Waals surface area contributed by atoms with Crippen molar-refractivity contribution < 1.29 is 39.2 Å². The van der Waals surface area contributed by atoms with Crippen molar-refractivity contribution in [3.05, 3.63) is 139 Å². The molecular formula is C38H36Br2N2O8. The average Bonchev–Trinajstić information content (AvgIpc) is 3.59. The summed E-state index contributed by atoms with van der Waals surface area (Å²) in [6.07, 6.45) is -7.88. The quantitative estimate of drug-likeness (QED) is 0.131. The molecule has 50 heavy (non-hydrogen) atoms. The highest BCUT2D eigenvalue weighted by Gasteiger charge is 2.43. The predicted molar refractivity (Wildman–Crippen MR) is 191 cm³/mol. The van der Waals surface area contributed by atoms with E-state index in [1.165, 1.54) is 0 Å². The number of rotatable bonds is 13. The molecule has 0 radical (unpaired) electrons. The van der Waals surface area contributed by atoms with Gasteiger partial charge in [0.15, 0.2) is 18.0 Å². The van der Waals surface area contributed by atoms with Crippen LogP contribution in [0.2, 0.25) is 0 Å². The third-order valence-corrected chi connectivity index (χ3v) is 9.96. The molecule has 2 aliphatic rings. The van der Waals surface area contributed by atoms with E-state index < -0.39 is 54.4 Å². The summed E-state index contributed by atoms with van der Waals surface area (Å²) in [5.41, 5.74) is 4.09. The average molecular weight is 809 g/mol. The lowest BCUT2D eigenvalue weighted by atomic mass is 9.99. The Bertz CT molecular complexity index is 1870. The van der Waals surface area contributed by atoms with Crippen molar-refractivity contribution >= 4 is 49.5 Å². The van der Waals surface area contributed by atoms with Gasteiger partial charge in [0, 0.05) is 27.4 Å². The van der Waals surface area contributed by atoms with E-state index in [1.54, 1.807) is 72.8 Å². The molecule has 0 spiro atoms. The summed E-state index contributed by atoms with van der Waals surface area (Å²) in [4.78, 5) is 40.5. The summed E-state index contributed by atoms with van der Waals surface area (Å²) in [5, 5.41) is 39.9. The van der Waals surface area contributed by atoms with Crippen molar-refractivity contribution in [3.8, 4) is 0 Å².